The van der Waals surface area contributed by atoms with Gasteiger partial charge in [-0.2, -0.15) is 0 Å². The Labute approximate surface area is 149 Å². The summed E-state index contributed by atoms with van der Waals surface area (Å²) in [7, 11) is 1.67. The molecule has 0 fully saturated rings. The van der Waals surface area contributed by atoms with Gasteiger partial charge in [-0.3, -0.25) is 0 Å². The molecule has 0 aliphatic carbocycles. The van der Waals surface area contributed by atoms with Crippen molar-refractivity contribution in [3.8, 4) is 16.3 Å². The molecule has 126 valence electrons. The standard InChI is InChI=1S/C17H20N4OS2/c1-5-11-15(24-16(18)19-11)14-10(3)23-17(21-14)20-12-8-9(2)6-7-13(12)22-4/h6-8H,5H2,1-4H3,(H2,18,19)(H,20,21). The molecular formula is C17H20N4OS2. The summed E-state index contributed by atoms with van der Waals surface area (Å²) in [6, 6.07) is 6.03. The van der Waals surface area contributed by atoms with Crippen molar-refractivity contribution in [3.63, 3.8) is 0 Å². The van der Waals surface area contributed by atoms with Crippen LogP contribution in [0.4, 0.5) is 16.0 Å². The van der Waals surface area contributed by atoms with E-state index in [1.54, 1.807) is 18.4 Å². The van der Waals surface area contributed by atoms with Crippen LogP contribution in [-0.2, 0) is 6.42 Å². The summed E-state index contributed by atoms with van der Waals surface area (Å²) in [5.74, 6) is 0.797. The van der Waals surface area contributed by atoms with E-state index in [-0.39, 0.29) is 0 Å². The summed E-state index contributed by atoms with van der Waals surface area (Å²) in [5, 5.41) is 4.80. The normalized spacial score (nSPS) is 10.8. The SMILES string of the molecule is CCc1nc(N)sc1-c1nc(Nc2cc(C)ccc2OC)sc1C. The summed E-state index contributed by atoms with van der Waals surface area (Å²) in [4.78, 5) is 11.4. The fourth-order valence-corrected chi connectivity index (χ4v) is 4.36. The summed E-state index contributed by atoms with van der Waals surface area (Å²) < 4.78 is 5.42. The van der Waals surface area contributed by atoms with Gasteiger partial charge in [0.2, 0.25) is 0 Å². The predicted octanol–water partition coefficient (Wildman–Crippen LogP) is 4.78. The molecule has 0 aliphatic heterocycles. The Kier molecular flexibility index (Phi) is 4.73. The van der Waals surface area contributed by atoms with Gasteiger partial charge in [-0.1, -0.05) is 24.3 Å². The highest BCUT2D eigenvalue weighted by Gasteiger charge is 2.17. The van der Waals surface area contributed by atoms with Gasteiger partial charge in [0.15, 0.2) is 10.3 Å². The van der Waals surface area contributed by atoms with Gasteiger partial charge >= 0.3 is 0 Å². The first kappa shape index (κ1) is 16.7. The molecule has 3 N–H and O–H groups in total. The summed E-state index contributed by atoms with van der Waals surface area (Å²) >= 11 is 3.11. The average molecular weight is 361 g/mol. The Morgan fingerprint density at radius 3 is 2.71 bits per heavy atom. The fourth-order valence-electron chi connectivity index (χ4n) is 2.49. The van der Waals surface area contributed by atoms with Crippen LogP contribution < -0.4 is 15.8 Å². The number of hydrogen-bond acceptors (Lipinski definition) is 7. The number of thiazole rings is 2. The molecule has 0 radical (unpaired) electrons. The van der Waals surface area contributed by atoms with Crippen molar-refractivity contribution in [1.82, 2.24) is 9.97 Å². The second kappa shape index (κ2) is 6.78. The first-order valence-electron chi connectivity index (χ1n) is 7.66. The lowest BCUT2D eigenvalue weighted by molar-refractivity contribution is 0.416. The number of nitrogens with two attached hydrogens (primary N) is 1. The molecule has 0 saturated carbocycles. The van der Waals surface area contributed by atoms with E-state index in [4.69, 9.17) is 15.5 Å². The average Bonchev–Trinajstić information content (AvgIpc) is 3.09. The lowest BCUT2D eigenvalue weighted by Gasteiger charge is -2.09. The van der Waals surface area contributed by atoms with E-state index in [1.165, 1.54) is 11.3 Å². The number of rotatable bonds is 5. The van der Waals surface area contributed by atoms with Gasteiger partial charge in [0, 0.05) is 4.88 Å². The number of aromatic nitrogens is 2. The van der Waals surface area contributed by atoms with Crippen molar-refractivity contribution in [2.75, 3.05) is 18.2 Å². The molecule has 3 rings (SSSR count). The number of benzene rings is 1. The van der Waals surface area contributed by atoms with Crippen molar-refractivity contribution in [2.24, 2.45) is 0 Å². The molecule has 0 aliphatic rings. The fraction of sp³-hybridized carbons (Fsp3) is 0.294. The van der Waals surface area contributed by atoms with E-state index in [9.17, 15) is 0 Å². The summed E-state index contributed by atoms with van der Waals surface area (Å²) in [6.07, 6.45) is 0.842. The molecule has 0 saturated heterocycles. The first-order chi connectivity index (χ1) is 11.5. The Balaban J connectivity index is 1.96. The highest BCUT2D eigenvalue weighted by Crippen LogP contribution is 2.39. The molecule has 24 heavy (non-hydrogen) atoms. The molecule has 3 aromatic rings. The van der Waals surface area contributed by atoms with Crippen LogP contribution in [0.15, 0.2) is 18.2 Å². The molecule has 7 heteroatoms. The van der Waals surface area contributed by atoms with E-state index in [1.807, 2.05) is 12.1 Å². The zero-order valence-electron chi connectivity index (χ0n) is 14.1. The summed E-state index contributed by atoms with van der Waals surface area (Å²) in [5.41, 5.74) is 9.92. The number of nitrogens with one attached hydrogen (secondary N) is 1. The van der Waals surface area contributed by atoms with Crippen molar-refractivity contribution >= 4 is 38.6 Å². The third kappa shape index (κ3) is 3.22. The lowest BCUT2D eigenvalue weighted by Crippen LogP contribution is -1.95. The third-order valence-corrected chi connectivity index (χ3v) is 5.48. The minimum atomic E-state index is 0.587. The maximum absolute atomic E-state index is 5.88. The highest BCUT2D eigenvalue weighted by atomic mass is 32.1. The van der Waals surface area contributed by atoms with E-state index in [2.05, 4.69) is 37.1 Å². The number of nitrogen functional groups attached to an aromatic ring is 1. The molecule has 1 aromatic carbocycles. The zero-order chi connectivity index (χ0) is 17.3. The number of ether oxygens (including phenoxy) is 1. The lowest BCUT2D eigenvalue weighted by atomic mass is 10.2. The number of anilines is 3. The smallest absolute Gasteiger partial charge is 0.188 e. The number of hydrogen-bond donors (Lipinski definition) is 2. The molecular weight excluding hydrogens is 340 g/mol. The van der Waals surface area contributed by atoms with Crippen LogP contribution in [0.1, 0.15) is 23.1 Å². The molecule has 2 heterocycles. The Bertz CT molecular complexity index is 870. The van der Waals surface area contributed by atoms with E-state index in [0.29, 0.717) is 5.13 Å². The molecule has 0 atom stereocenters. The van der Waals surface area contributed by atoms with E-state index >= 15 is 0 Å². The zero-order valence-corrected chi connectivity index (χ0v) is 15.8. The van der Waals surface area contributed by atoms with Crippen LogP contribution in [-0.4, -0.2) is 17.1 Å². The number of nitrogens with zero attached hydrogens (tertiary/aromatic N) is 2. The molecule has 0 unspecified atom stereocenters. The van der Waals surface area contributed by atoms with Crippen LogP contribution in [0.3, 0.4) is 0 Å². The summed E-state index contributed by atoms with van der Waals surface area (Å²) in [6.45, 7) is 6.20. The van der Waals surface area contributed by atoms with Crippen molar-refractivity contribution in [3.05, 3.63) is 34.3 Å². The van der Waals surface area contributed by atoms with E-state index < -0.39 is 0 Å². The Morgan fingerprint density at radius 2 is 2.00 bits per heavy atom. The number of aryl methyl sites for hydroxylation is 3. The van der Waals surface area contributed by atoms with E-state index in [0.717, 1.165) is 49.7 Å². The maximum atomic E-state index is 5.88. The molecule has 0 bridgehead atoms. The highest BCUT2D eigenvalue weighted by molar-refractivity contribution is 7.20. The van der Waals surface area contributed by atoms with Gasteiger partial charge in [-0.25, -0.2) is 9.97 Å². The van der Waals surface area contributed by atoms with Crippen LogP contribution in [0.25, 0.3) is 10.6 Å². The van der Waals surface area contributed by atoms with Gasteiger partial charge in [0.25, 0.3) is 0 Å². The van der Waals surface area contributed by atoms with Crippen molar-refractivity contribution in [1.29, 1.82) is 0 Å². The van der Waals surface area contributed by atoms with Crippen LogP contribution in [0.5, 0.6) is 5.75 Å². The molecule has 5 nitrogen and oxygen atoms in total. The minimum absolute atomic E-state index is 0.587. The second-order valence-electron chi connectivity index (χ2n) is 5.43. The quantitative estimate of drug-likeness (QED) is 0.685. The Morgan fingerprint density at radius 1 is 1.21 bits per heavy atom. The Hall–Kier alpha value is -2.12. The van der Waals surface area contributed by atoms with Crippen molar-refractivity contribution in [2.45, 2.75) is 27.2 Å². The second-order valence-corrected chi connectivity index (χ2v) is 7.67. The largest absolute Gasteiger partial charge is 0.495 e. The van der Waals surface area contributed by atoms with Gasteiger partial charge in [0.1, 0.15) is 5.75 Å². The van der Waals surface area contributed by atoms with Gasteiger partial charge in [0.05, 0.1) is 29.1 Å². The van der Waals surface area contributed by atoms with Crippen LogP contribution >= 0.6 is 22.7 Å². The topological polar surface area (TPSA) is 73.1 Å². The van der Waals surface area contributed by atoms with Gasteiger partial charge in [-0.15, -0.1) is 11.3 Å². The first-order valence-corrected chi connectivity index (χ1v) is 9.29. The molecule has 0 amide bonds. The van der Waals surface area contributed by atoms with Gasteiger partial charge in [-0.05, 0) is 38.0 Å². The van der Waals surface area contributed by atoms with Crippen LogP contribution in [0.2, 0.25) is 0 Å². The van der Waals surface area contributed by atoms with Crippen molar-refractivity contribution < 1.29 is 4.74 Å². The minimum Gasteiger partial charge on any atom is -0.495 e. The predicted molar refractivity (Wildman–Crippen MR) is 103 cm³/mol. The monoisotopic (exact) mass is 360 g/mol. The number of methoxy groups -OCH3 is 1. The molecule has 0 spiro atoms. The van der Waals surface area contributed by atoms with Crippen LogP contribution in [0, 0.1) is 13.8 Å². The maximum Gasteiger partial charge on any atom is 0.188 e. The van der Waals surface area contributed by atoms with Gasteiger partial charge < -0.3 is 15.8 Å². The molecule has 2 aromatic heterocycles. The third-order valence-electron chi connectivity index (χ3n) is 3.66.